The predicted molar refractivity (Wildman–Crippen MR) is 73.5 cm³/mol. The minimum atomic E-state index is -0.451. The second-order valence-electron chi connectivity index (χ2n) is 5.42. The molecular weight excluding hydrogens is 246 g/mol. The van der Waals surface area contributed by atoms with Crippen molar-refractivity contribution in [3.63, 3.8) is 0 Å². The minimum Gasteiger partial charge on any atom is -0.468 e. The van der Waals surface area contributed by atoms with Gasteiger partial charge in [-0.2, -0.15) is 0 Å². The van der Waals surface area contributed by atoms with Crippen LogP contribution in [0.1, 0.15) is 31.6 Å². The van der Waals surface area contributed by atoms with Crippen LogP contribution >= 0.6 is 11.3 Å². The van der Waals surface area contributed by atoms with Gasteiger partial charge in [0.2, 0.25) is 0 Å². The highest BCUT2D eigenvalue weighted by Crippen LogP contribution is 2.43. The zero-order valence-corrected chi connectivity index (χ0v) is 12.0. The van der Waals surface area contributed by atoms with Gasteiger partial charge in [-0.05, 0) is 36.1 Å². The van der Waals surface area contributed by atoms with E-state index in [1.54, 1.807) is 11.3 Å². The summed E-state index contributed by atoms with van der Waals surface area (Å²) >= 11 is 1.71. The average Bonchev–Trinajstić information content (AvgIpc) is 2.79. The molecule has 1 heterocycles. The lowest BCUT2D eigenvalue weighted by molar-refractivity contribution is -0.156. The molecule has 1 saturated carbocycles. The number of methoxy groups -OCH3 is 1. The van der Waals surface area contributed by atoms with E-state index in [1.165, 1.54) is 12.0 Å². The van der Waals surface area contributed by atoms with Gasteiger partial charge in [0, 0.05) is 11.4 Å². The highest BCUT2D eigenvalue weighted by atomic mass is 32.1. The number of ether oxygens (including phenoxy) is 1. The number of esters is 1. The maximum atomic E-state index is 12.0. The molecule has 4 heteroatoms. The summed E-state index contributed by atoms with van der Waals surface area (Å²) in [5.74, 6) is 1.14. The highest BCUT2D eigenvalue weighted by Gasteiger charge is 2.51. The molecule has 1 aromatic rings. The molecular formula is C14H21NO2S. The molecule has 100 valence electrons. The van der Waals surface area contributed by atoms with Crippen molar-refractivity contribution in [3.8, 4) is 0 Å². The number of rotatable bonds is 5. The van der Waals surface area contributed by atoms with E-state index in [0.717, 1.165) is 19.4 Å². The van der Waals surface area contributed by atoms with Gasteiger partial charge in [0.15, 0.2) is 0 Å². The van der Waals surface area contributed by atoms with Crippen molar-refractivity contribution >= 4 is 17.3 Å². The molecule has 1 fully saturated rings. The van der Waals surface area contributed by atoms with Crippen LogP contribution in [-0.4, -0.2) is 18.6 Å². The number of thiophene rings is 1. The smallest absolute Gasteiger partial charge is 0.326 e. The molecule has 18 heavy (non-hydrogen) atoms. The fraction of sp³-hybridized carbons (Fsp3) is 0.643. The zero-order chi connectivity index (χ0) is 13.2. The van der Waals surface area contributed by atoms with E-state index >= 15 is 0 Å². The van der Waals surface area contributed by atoms with E-state index in [2.05, 4.69) is 30.6 Å². The van der Waals surface area contributed by atoms with E-state index < -0.39 is 5.54 Å². The molecule has 0 amide bonds. The Labute approximate surface area is 113 Å². The van der Waals surface area contributed by atoms with E-state index in [-0.39, 0.29) is 5.97 Å². The van der Waals surface area contributed by atoms with Gasteiger partial charge < -0.3 is 4.74 Å². The van der Waals surface area contributed by atoms with Gasteiger partial charge in [0.05, 0.1) is 7.11 Å². The molecule has 3 nitrogen and oxygen atoms in total. The lowest BCUT2D eigenvalue weighted by atomic mass is 9.64. The molecule has 0 aliphatic heterocycles. The van der Waals surface area contributed by atoms with Crippen molar-refractivity contribution in [2.45, 2.75) is 38.8 Å². The Hall–Kier alpha value is -0.870. The van der Waals surface area contributed by atoms with Gasteiger partial charge in [0.1, 0.15) is 5.54 Å². The quantitative estimate of drug-likeness (QED) is 0.834. The number of hydrogen-bond donors (Lipinski definition) is 1. The topological polar surface area (TPSA) is 38.3 Å². The van der Waals surface area contributed by atoms with E-state index in [4.69, 9.17) is 4.74 Å². The molecule has 1 aromatic heterocycles. The molecule has 0 saturated heterocycles. The van der Waals surface area contributed by atoms with Crippen LogP contribution in [-0.2, 0) is 16.1 Å². The minimum absolute atomic E-state index is 0.115. The fourth-order valence-electron chi connectivity index (χ4n) is 2.55. The number of nitrogens with one attached hydrogen (secondary N) is 1. The van der Waals surface area contributed by atoms with Crippen LogP contribution in [0, 0.1) is 11.8 Å². The zero-order valence-electron chi connectivity index (χ0n) is 11.2. The maximum Gasteiger partial charge on any atom is 0.326 e. The SMILES string of the molecule is COC(=O)C1(NCc2cccs2)CC(C(C)C)C1. The summed E-state index contributed by atoms with van der Waals surface area (Å²) in [7, 11) is 1.47. The van der Waals surface area contributed by atoms with Gasteiger partial charge in [-0.1, -0.05) is 19.9 Å². The summed E-state index contributed by atoms with van der Waals surface area (Å²) in [6.07, 6.45) is 1.78. The second kappa shape index (κ2) is 5.41. The monoisotopic (exact) mass is 267 g/mol. The average molecular weight is 267 g/mol. The maximum absolute atomic E-state index is 12.0. The summed E-state index contributed by atoms with van der Waals surface area (Å²) in [5, 5.41) is 5.46. The molecule has 1 aliphatic carbocycles. The summed E-state index contributed by atoms with van der Waals surface area (Å²) < 4.78 is 4.96. The Bertz CT molecular complexity index is 394. The largest absolute Gasteiger partial charge is 0.468 e. The molecule has 0 unspecified atom stereocenters. The first-order valence-corrected chi connectivity index (χ1v) is 7.31. The molecule has 2 rings (SSSR count). The first-order chi connectivity index (χ1) is 8.57. The van der Waals surface area contributed by atoms with E-state index in [9.17, 15) is 4.79 Å². The normalized spacial score (nSPS) is 27.0. The van der Waals surface area contributed by atoms with Crippen molar-refractivity contribution in [2.24, 2.45) is 11.8 Å². The molecule has 0 radical (unpaired) electrons. The van der Waals surface area contributed by atoms with Crippen molar-refractivity contribution in [3.05, 3.63) is 22.4 Å². The molecule has 0 atom stereocenters. The number of hydrogen-bond acceptors (Lipinski definition) is 4. The highest BCUT2D eigenvalue weighted by molar-refractivity contribution is 7.09. The van der Waals surface area contributed by atoms with E-state index in [1.807, 2.05) is 6.07 Å². The van der Waals surface area contributed by atoms with Gasteiger partial charge in [0.25, 0.3) is 0 Å². The Morgan fingerprint density at radius 1 is 1.61 bits per heavy atom. The molecule has 0 aromatic carbocycles. The standard InChI is InChI=1S/C14H21NO2S/c1-10(2)11-7-14(8-11,13(16)17-3)15-9-12-5-4-6-18-12/h4-6,10-11,15H,7-9H2,1-3H3. The van der Waals surface area contributed by atoms with Crippen LogP contribution in [0.5, 0.6) is 0 Å². The van der Waals surface area contributed by atoms with E-state index in [0.29, 0.717) is 11.8 Å². The summed E-state index contributed by atoms with van der Waals surface area (Å²) in [5.41, 5.74) is -0.451. The molecule has 0 spiro atoms. The van der Waals surface area contributed by atoms with Gasteiger partial charge in [-0.15, -0.1) is 11.3 Å². The third-order valence-electron chi connectivity index (χ3n) is 3.92. The van der Waals surface area contributed by atoms with Gasteiger partial charge in [-0.3, -0.25) is 10.1 Å². The van der Waals surface area contributed by atoms with Gasteiger partial charge >= 0.3 is 5.97 Å². The van der Waals surface area contributed by atoms with Crippen LogP contribution in [0.15, 0.2) is 17.5 Å². The van der Waals surface area contributed by atoms with Crippen molar-refractivity contribution in [1.29, 1.82) is 0 Å². The first kappa shape index (κ1) is 13.6. The Balaban J connectivity index is 1.97. The molecule has 1 aliphatic rings. The van der Waals surface area contributed by atoms with Crippen molar-refractivity contribution in [1.82, 2.24) is 5.32 Å². The number of carbonyl (C=O) groups excluding carboxylic acids is 1. The Kier molecular flexibility index (Phi) is 4.07. The molecule has 1 N–H and O–H groups in total. The van der Waals surface area contributed by atoms with Crippen LogP contribution in [0.25, 0.3) is 0 Å². The second-order valence-corrected chi connectivity index (χ2v) is 6.45. The van der Waals surface area contributed by atoms with Crippen LogP contribution in [0.4, 0.5) is 0 Å². The van der Waals surface area contributed by atoms with Crippen LogP contribution in [0.3, 0.4) is 0 Å². The lowest BCUT2D eigenvalue weighted by Crippen LogP contribution is -2.61. The predicted octanol–water partition coefficient (Wildman–Crippen LogP) is 2.82. The van der Waals surface area contributed by atoms with Crippen LogP contribution in [0.2, 0.25) is 0 Å². The lowest BCUT2D eigenvalue weighted by Gasteiger charge is -2.47. The van der Waals surface area contributed by atoms with Crippen molar-refractivity contribution < 1.29 is 9.53 Å². The first-order valence-electron chi connectivity index (χ1n) is 6.43. The molecule has 0 bridgehead atoms. The summed E-state index contributed by atoms with van der Waals surface area (Å²) in [6.45, 7) is 5.17. The Morgan fingerprint density at radius 3 is 2.83 bits per heavy atom. The number of carbonyl (C=O) groups is 1. The summed E-state index contributed by atoms with van der Waals surface area (Å²) in [4.78, 5) is 13.2. The van der Waals surface area contributed by atoms with Gasteiger partial charge in [-0.25, -0.2) is 0 Å². The van der Waals surface area contributed by atoms with Crippen LogP contribution < -0.4 is 5.32 Å². The Morgan fingerprint density at radius 2 is 2.33 bits per heavy atom. The summed E-state index contributed by atoms with van der Waals surface area (Å²) in [6, 6.07) is 4.12. The van der Waals surface area contributed by atoms with Crippen molar-refractivity contribution in [2.75, 3.05) is 7.11 Å². The third-order valence-corrected chi connectivity index (χ3v) is 4.80. The third kappa shape index (κ3) is 2.59. The fourth-order valence-corrected chi connectivity index (χ4v) is 3.20.